The molecule has 7 nitrogen and oxygen atoms in total. The van der Waals surface area contributed by atoms with Gasteiger partial charge in [0.1, 0.15) is 5.75 Å². The fourth-order valence-electron chi connectivity index (χ4n) is 2.68. The molecule has 1 amide bonds. The molecule has 1 saturated heterocycles. The molecular formula is C18H16N2O5. The van der Waals surface area contributed by atoms with E-state index in [-0.39, 0.29) is 30.3 Å². The first-order valence-corrected chi connectivity index (χ1v) is 7.77. The largest absolute Gasteiger partial charge is 0.426 e. The predicted octanol–water partition coefficient (Wildman–Crippen LogP) is 2.86. The molecule has 128 valence electrons. The smallest absolute Gasteiger partial charge is 0.316 e. The van der Waals surface area contributed by atoms with Crippen molar-refractivity contribution >= 4 is 23.3 Å². The number of aryl methyl sites for hydroxylation is 1. The molecule has 7 heteroatoms. The van der Waals surface area contributed by atoms with Crippen molar-refractivity contribution in [1.29, 1.82) is 0 Å². The highest BCUT2D eigenvalue weighted by Crippen LogP contribution is 2.27. The summed E-state index contributed by atoms with van der Waals surface area (Å²) in [6.45, 7) is 2.22. The molecule has 1 unspecified atom stereocenters. The summed E-state index contributed by atoms with van der Waals surface area (Å²) in [5, 5.41) is 10.6. The van der Waals surface area contributed by atoms with Crippen LogP contribution in [0.15, 0.2) is 48.5 Å². The van der Waals surface area contributed by atoms with Crippen molar-refractivity contribution in [1.82, 2.24) is 0 Å². The highest BCUT2D eigenvalue weighted by molar-refractivity contribution is 5.99. The second kappa shape index (κ2) is 6.72. The van der Waals surface area contributed by atoms with Gasteiger partial charge in [-0.1, -0.05) is 17.7 Å². The van der Waals surface area contributed by atoms with Crippen LogP contribution in [-0.4, -0.2) is 23.3 Å². The van der Waals surface area contributed by atoms with E-state index >= 15 is 0 Å². The molecule has 0 spiro atoms. The van der Waals surface area contributed by atoms with Crippen LogP contribution in [0.2, 0.25) is 0 Å². The summed E-state index contributed by atoms with van der Waals surface area (Å²) in [5.41, 5.74) is 1.76. The molecule has 0 radical (unpaired) electrons. The Kier molecular flexibility index (Phi) is 4.47. The highest BCUT2D eigenvalue weighted by atomic mass is 16.6. The average Bonchev–Trinajstić information content (AvgIpc) is 2.98. The summed E-state index contributed by atoms with van der Waals surface area (Å²) >= 11 is 0. The zero-order valence-electron chi connectivity index (χ0n) is 13.5. The number of hydrogen-bond donors (Lipinski definition) is 0. The lowest BCUT2D eigenvalue weighted by molar-refractivity contribution is -0.384. The topological polar surface area (TPSA) is 89.8 Å². The Morgan fingerprint density at radius 2 is 1.80 bits per heavy atom. The minimum atomic E-state index is -0.566. The number of carbonyl (C=O) groups excluding carboxylic acids is 2. The van der Waals surface area contributed by atoms with Crippen molar-refractivity contribution in [3.63, 3.8) is 0 Å². The molecule has 2 aromatic rings. The molecule has 1 fully saturated rings. The molecule has 0 N–H and O–H groups in total. The van der Waals surface area contributed by atoms with E-state index in [0.717, 1.165) is 11.3 Å². The Morgan fingerprint density at radius 3 is 2.40 bits per heavy atom. The minimum Gasteiger partial charge on any atom is -0.426 e. The van der Waals surface area contributed by atoms with Gasteiger partial charge in [-0.3, -0.25) is 19.7 Å². The molecule has 3 rings (SSSR count). The quantitative estimate of drug-likeness (QED) is 0.369. The third-order valence-electron chi connectivity index (χ3n) is 4.07. The van der Waals surface area contributed by atoms with Crippen LogP contribution < -0.4 is 9.64 Å². The molecular weight excluding hydrogens is 324 g/mol. The summed E-state index contributed by atoms with van der Waals surface area (Å²) in [6.07, 6.45) is 0.0830. The van der Waals surface area contributed by atoms with Crippen molar-refractivity contribution in [2.24, 2.45) is 5.92 Å². The molecule has 1 atom stereocenters. The van der Waals surface area contributed by atoms with E-state index in [2.05, 4.69) is 0 Å². The van der Waals surface area contributed by atoms with Gasteiger partial charge < -0.3 is 9.64 Å². The summed E-state index contributed by atoms with van der Waals surface area (Å²) in [6, 6.07) is 12.8. The first kappa shape index (κ1) is 16.6. The van der Waals surface area contributed by atoms with Crippen LogP contribution in [0.3, 0.4) is 0 Å². The van der Waals surface area contributed by atoms with Crippen LogP contribution in [0.1, 0.15) is 12.0 Å². The Bertz CT molecular complexity index is 814. The van der Waals surface area contributed by atoms with E-state index in [1.807, 2.05) is 31.2 Å². The average molecular weight is 340 g/mol. The Morgan fingerprint density at radius 1 is 1.16 bits per heavy atom. The van der Waals surface area contributed by atoms with E-state index in [0.29, 0.717) is 0 Å². The van der Waals surface area contributed by atoms with E-state index in [9.17, 15) is 19.7 Å². The van der Waals surface area contributed by atoms with Crippen LogP contribution in [0.5, 0.6) is 5.75 Å². The van der Waals surface area contributed by atoms with E-state index in [1.54, 1.807) is 4.90 Å². The van der Waals surface area contributed by atoms with E-state index in [1.165, 1.54) is 24.3 Å². The van der Waals surface area contributed by atoms with Crippen molar-refractivity contribution in [2.75, 3.05) is 11.4 Å². The van der Waals surface area contributed by atoms with Crippen molar-refractivity contribution in [3.05, 3.63) is 64.2 Å². The predicted molar refractivity (Wildman–Crippen MR) is 90.4 cm³/mol. The molecule has 0 aliphatic carbocycles. The van der Waals surface area contributed by atoms with Crippen LogP contribution in [0.4, 0.5) is 11.4 Å². The second-order valence-corrected chi connectivity index (χ2v) is 5.91. The molecule has 1 aliphatic rings. The fraction of sp³-hybridized carbons (Fsp3) is 0.222. The van der Waals surface area contributed by atoms with Crippen LogP contribution in [0, 0.1) is 23.0 Å². The molecule has 0 aromatic heterocycles. The standard InChI is InChI=1S/C18H16N2O5/c1-12-2-4-14(5-3-12)19-11-13(10-17(19)21)18(22)25-16-8-6-15(7-9-16)20(23)24/h2-9,13H,10-11H2,1H3. The van der Waals surface area contributed by atoms with Gasteiger partial charge in [0.05, 0.1) is 10.8 Å². The summed E-state index contributed by atoms with van der Waals surface area (Å²) in [7, 11) is 0. The third-order valence-corrected chi connectivity index (χ3v) is 4.07. The number of nitro groups is 1. The van der Waals surface area contributed by atoms with Crippen LogP contribution in [0.25, 0.3) is 0 Å². The molecule has 1 aliphatic heterocycles. The monoisotopic (exact) mass is 340 g/mol. The number of ether oxygens (including phenoxy) is 1. The fourth-order valence-corrected chi connectivity index (χ4v) is 2.68. The maximum atomic E-state index is 12.3. The number of rotatable bonds is 4. The van der Waals surface area contributed by atoms with Gasteiger partial charge >= 0.3 is 5.97 Å². The molecule has 25 heavy (non-hydrogen) atoms. The van der Waals surface area contributed by atoms with Crippen LogP contribution >= 0.6 is 0 Å². The van der Waals surface area contributed by atoms with Gasteiger partial charge in [-0.05, 0) is 31.2 Å². The normalized spacial score (nSPS) is 16.8. The number of esters is 1. The van der Waals surface area contributed by atoms with Gasteiger partial charge in [0, 0.05) is 30.8 Å². The number of nitro benzene ring substituents is 1. The molecule has 0 bridgehead atoms. The number of anilines is 1. The number of non-ortho nitro benzene ring substituents is 1. The Hall–Kier alpha value is -3.22. The zero-order chi connectivity index (χ0) is 18.0. The van der Waals surface area contributed by atoms with Crippen LogP contribution in [-0.2, 0) is 9.59 Å². The SMILES string of the molecule is Cc1ccc(N2CC(C(=O)Oc3ccc([N+](=O)[O-])cc3)CC2=O)cc1. The van der Waals surface area contributed by atoms with Gasteiger partial charge in [-0.2, -0.15) is 0 Å². The lowest BCUT2D eigenvalue weighted by Crippen LogP contribution is -2.27. The first-order valence-electron chi connectivity index (χ1n) is 7.77. The maximum absolute atomic E-state index is 12.3. The van der Waals surface area contributed by atoms with Gasteiger partial charge in [-0.25, -0.2) is 0 Å². The van der Waals surface area contributed by atoms with Crippen molar-refractivity contribution in [3.8, 4) is 5.75 Å². The summed E-state index contributed by atoms with van der Waals surface area (Å²) in [5.74, 6) is -0.993. The second-order valence-electron chi connectivity index (χ2n) is 5.91. The number of amides is 1. The first-order chi connectivity index (χ1) is 11.9. The summed E-state index contributed by atoms with van der Waals surface area (Å²) in [4.78, 5) is 36.1. The zero-order valence-corrected chi connectivity index (χ0v) is 13.5. The third kappa shape index (κ3) is 3.65. The Labute approximate surface area is 144 Å². The number of carbonyl (C=O) groups is 2. The van der Waals surface area contributed by atoms with E-state index < -0.39 is 16.8 Å². The number of nitrogens with zero attached hydrogens (tertiary/aromatic N) is 2. The van der Waals surface area contributed by atoms with Gasteiger partial charge in [-0.15, -0.1) is 0 Å². The molecule has 2 aromatic carbocycles. The van der Waals surface area contributed by atoms with Gasteiger partial charge in [0.2, 0.25) is 5.91 Å². The highest BCUT2D eigenvalue weighted by Gasteiger charge is 2.36. The Balaban J connectivity index is 1.66. The number of benzene rings is 2. The van der Waals surface area contributed by atoms with Gasteiger partial charge in [0.15, 0.2) is 0 Å². The van der Waals surface area contributed by atoms with Crippen molar-refractivity contribution < 1.29 is 19.2 Å². The number of hydrogen-bond acceptors (Lipinski definition) is 5. The lowest BCUT2D eigenvalue weighted by atomic mass is 10.1. The van der Waals surface area contributed by atoms with Crippen molar-refractivity contribution in [2.45, 2.75) is 13.3 Å². The molecule has 1 heterocycles. The summed E-state index contributed by atoms with van der Waals surface area (Å²) < 4.78 is 5.24. The minimum absolute atomic E-state index is 0.0820. The van der Waals surface area contributed by atoms with E-state index in [4.69, 9.17) is 4.74 Å². The lowest BCUT2D eigenvalue weighted by Gasteiger charge is -2.16. The molecule has 0 saturated carbocycles. The maximum Gasteiger partial charge on any atom is 0.316 e. The van der Waals surface area contributed by atoms with Gasteiger partial charge in [0.25, 0.3) is 5.69 Å².